The summed E-state index contributed by atoms with van der Waals surface area (Å²) < 4.78 is 42.4. The van der Waals surface area contributed by atoms with Crippen LogP contribution in [0.5, 0.6) is 6.01 Å². The summed E-state index contributed by atoms with van der Waals surface area (Å²) in [5, 5.41) is 8.72. The van der Waals surface area contributed by atoms with Gasteiger partial charge >= 0.3 is 6.09 Å². The number of nitrogens with one attached hydrogen (secondary N) is 3. The highest BCUT2D eigenvalue weighted by Gasteiger charge is 2.63. The molecule has 4 heterocycles. The van der Waals surface area contributed by atoms with E-state index in [2.05, 4.69) is 41.5 Å². The lowest BCUT2D eigenvalue weighted by atomic mass is 10.0. The van der Waals surface area contributed by atoms with Gasteiger partial charge in [-0.3, -0.25) is 23.7 Å². The van der Waals surface area contributed by atoms with E-state index in [0.29, 0.717) is 50.0 Å². The first-order valence-corrected chi connectivity index (χ1v) is 25.0. The molecule has 2 unspecified atom stereocenters. The van der Waals surface area contributed by atoms with Gasteiger partial charge in [-0.05, 0) is 102 Å². The monoisotopic (exact) mass is 901 g/mol. The van der Waals surface area contributed by atoms with E-state index in [9.17, 15) is 27.6 Å². The SMILES string of the molecule is CC(C)c1csc(-c2cccc3c2nc(O[C@@H]2C[C@H]4C(=O)N[C@]5(C(=O)NS(=O)(=O)C6(C)CC6)CC5/C=C\CCCCC[C@H](NC(=O)OC5C=C6[C@@H](C)[C@H]6C5)C(=O)N4C2)n3C(C)C)n1. The Kier molecular flexibility index (Phi) is 11.3. The maximum absolute atomic E-state index is 14.9. The Morgan fingerprint density at radius 1 is 1.06 bits per heavy atom. The van der Waals surface area contributed by atoms with Crippen LogP contribution in [0, 0.1) is 17.8 Å². The van der Waals surface area contributed by atoms with Crippen molar-refractivity contribution < 1.29 is 37.1 Å². The molecule has 9 rings (SSSR count). The molecule has 8 atom stereocenters. The number of carbonyl (C=O) groups excluding carboxylic acids is 4. The number of ether oxygens (including phenoxy) is 2. The van der Waals surface area contributed by atoms with Crippen molar-refractivity contribution in [2.45, 2.75) is 152 Å². The van der Waals surface area contributed by atoms with Gasteiger partial charge in [-0.2, -0.15) is 4.98 Å². The first-order chi connectivity index (χ1) is 30.0. The number of para-hydroxylation sites is 1. The second kappa shape index (κ2) is 16.3. The average molecular weight is 902 g/mol. The molecular weight excluding hydrogens is 843 g/mol. The predicted octanol–water partition coefficient (Wildman–Crippen LogP) is 6.67. The van der Waals surface area contributed by atoms with Crippen LogP contribution in [0.1, 0.15) is 123 Å². The molecule has 0 bridgehead atoms. The molecule has 1 aromatic carbocycles. The van der Waals surface area contributed by atoms with E-state index in [1.807, 2.05) is 54.8 Å². The zero-order valence-corrected chi connectivity index (χ0v) is 38.5. The Balaban J connectivity index is 1.02. The number of hydrogen-bond donors (Lipinski definition) is 3. The number of carbonyl (C=O) groups is 4. The van der Waals surface area contributed by atoms with Crippen LogP contribution in [-0.4, -0.2) is 92.8 Å². The van der Waals surface area contributed by atoms with Crippen molar-refractivity contribution in [1.82, 2.24) is 34.8 Å². The van der Waals surface area contributed by atoms with E-state index >= 15 is 0 Å². The zero-order chi connectivity index (χ0) is 44.6. The number of aromatic nitrogens is 3. The average Bonchev–Trinajstić information content (AvgIpc) is 3.98. The molecule has 3 saturated carbocycles. The predicted molar refractivity (Wildman–Crippen MR) is 238 cm³/mol. The fraction of sp³-hybridized carbons (Fsp3) is 0.609. The smallest absolute Gasteiger partial charge is 0.408 e. The molecule has 3 aromatic rings. The molecule has 4 amide bonds. The third-order valence-electron chi connectivity index (χ3n) is 14.2. The van der Waals surface area contributed by atoms with Gasteiger partial charge < -0.3 is 25.0 Å². The zero-order valence-electron chi connectivity index (χ0n) is 36.9. The molecule has 1 saturated heterocycles. The number of amides is 4. The molecule has 6 aliphatic rings. The summed E-state index contributed by atoms with van der Waals surface area (Å²) in [6, 6.07) is 4.09. The first-order valence-electron chi connectivity index (χ1n) is 22.7. The summed E-state index contributed by atoms with van der Waals surface area (Å²) in [6.07, 6.45) is 9.18. The molecule has 2 aromatic heterocycles. The van der Waals surface area contributed by atoms with E-state index in [4.69, 9.17) is 19.4 Å². The van der Waals surface area contributed by atoms with E-state index in [0.717, 1.165) is 46.6 Å². The van der Waals surface area contributed by atoms with Crippen LogP contribution in [0.15, 0.2) is 47.4 Å². The summed E-state index contributed by atoms with van der Waals surface area (Å²) in [5.41, 5.74) is 3.22. The molecule has 3 N–H and O–H groups in total. The minimum atomic E-state index is -4.00. The number of fused-ring (bicyclic) bond motifs is 4. The minimum absolute atomic E-state index is 0.00785. The molecule has 15 nitrogen and oxygen atoms in total. The van der Waals surface area contributed by atoms with Crippen LogP contribution >= 0.6 is 11.3 Å². The van der Waals surface area contributed by atoms with Crippen LogP contribution in [0.25, 0.3) is 21.6 Å². The van der Waals surface area contributed by atoms with Gasteiger partial charge in [0.2, 0.25) is 21.8 Å². The third kappa shape index (κ3) is 8.28. The highest BCUT2D eigenvalue weighted by Crippen LogP contribution is 2.53. The van der Waals surface area contributed by atoms with Crippen molar-refractivity contribution in [2.75, 3.05) is 6.54 Å². The highest BCUT2D eigenvalue weighted by atomic mass is 32.2. The van der Waals surface area contributed by atoms with Crippen molar-refractivity contribution in [1.29, 1.82) is 0 Å². The summed E-state index contributed by atoms with van der Waals surface area (Å²) in [7, 11) is -4.00. The number of benzene rings is 1. The maximum Gasteiger partial charge on any atom is 0.408 e. The standard InChI is InChI=1S/C46H59N7O8S2/c1-25(2)35-24-62-40(47-35)31-14-12-16-36-38(31)49-43(53(36)26(3)4)60-30-21-37-39(54)50-46(42(56)51-63(58,59)45(6)17-18-45)22-28(46)13-10-8-7-9-11-15-34(41(55)52(37)23-30)48-44(57)61-29-19-32-27(5)33(32)20-29/h10,12-14,16,19,24-30,33-34,37H,7-9,11,15,17-18,20-23H2,1-6H3,(H,48,57)(H,50,54)(H,51,56)/b13-10-/t27-,28?,29?,30-,33-,34+,37+,46-/m1/s1. The summed E-state index contributed by atoms with van der Waals surface area (Å²) in [4.78, 5) is 68.5. The Morgan fingerprint density at radius 3 is 2.56 bits per heavy atom. The van der Waals surface area contributed by atoms with Crippen LogP contribution < -0.4 is 20.1 Å². The molecule has 0 radical (unpaired) electrons. The molecule has 0 spiro atoms. The van der Waals surface area contributed by atoms with Crippen molar-refractivity contribution in [2.24, 2.45) is 17.8 Å². The quantitative estimate of drug-likeness (QED) is 0.186. The van der Waals surface area contributed by atoms with Crippen molar-refractivity contribution >= 4 is 56.2 Å². The maximum atomic E-state index is 14.9. The lowest BCUT2D eigenvalue weighted by molar-refractivity contribution is -0.141. The number of allylic oxidation sites excluding steroid dienone is 2. The number of imidazole rings is 1. The lowest BCUT2D eigenvalue weighted by Gasteiger charge is -2.30. The summed E-state index contributed by atoms with van der Waals surface area (Å²) >= 11 is 1.56. The number of hydrogen-bond acceptors (Lipinski definition) is 11. The second-order valence-electron chi connectivity index (χ2n) is 19.4. The van der Waals surface area contributed by atoms with Gasteiger partial charge in [0.05, 0.1) is 22.5 Å². The lowest BCUT2D eigenvalue weighted by Crippen LogP contribution is -2.58. The molecule has 17 heteroatoms. The van der Waals surface area contributed by atoms with Crippen LogP contribution in [-0.2, 0) is 29.1 Å². The van der Waals surface area contributed by atoms with Crippen LogP contribution in [0.4, 0.5) is 4.79 Å². The number of thiazole rings is 1. The Hall–Kier alpha value is -4.77. The van der Waals surface area contributed by atoms with Gasteiger partial charge in [0.25, 0.3) is 11.9 Å². The Labute approximate surface area is 372 Å². The molecule has 338 valence electrons. The Bertz CT molecular complexity index is 2510. The fourth-order valence-electron chi connectivity index (χ4n) is 9.66. The number of nitrogens with zero attached hydrogens (tertiary/aromatic N) is 4. The molecular formula is C46H59N7O8S2. The van der Waals surface area contributed by atoms with Gasteiger partial charge in [0, 0.05) is 29.3 Å². The number of rotatable bonds is 10. The molecule has 63 heavy (non-hydrogen) atoms. The number of alkyl carbamates (subject to hydrolysis) is 1. The number of sulfonamides is 1. The summed E-state index contributed by atoms with van der Waals surface area (Å²) in [5.74, 6) is -1.09. The molecule has 4 fully saturated rings. The first kappa shape index (κ1) is 43.5. The minimum Gasteiger partial charge on any atom is -0.459 e. The summed E-state index contributed by atoms with van der Waals surface area (Å²) in [6.45, 7) is 12.0. The van der Waals surface area contributed by atoms with Crippen LogP contribution in [0.3, 0.4) is 0 Å². The topological polar surface area (TPSA) is 191 Å². The fourth-order valence-corrected chi connectivity index (χ4v) is 12.0. The van der Waals surface area contributed by atoms with Gasteiger partial charge in [-0.1, -0.05) is 57.4 Å². The molecule has 4 aliphatic carbocycles. The second-order valence-corrected chi connectivity index (χ2v) is 22.5. The van der Waals surface area contributed by atoms with E-state index in [1.165, 1.54) is 10.5 Å². The van der Waals surface area contributed by atoms with Gasteiger partial charge in [0.15, 0.2) is 0 Å². The van der Waals surface area contributed by atoms with Gasteiger partial charge in [0.1, 0.15) is 40.4 Å². The van der Waals surface area contributed by atoms with Crippen molar-refractivity contribution in [3.63, 3.8) is 0 Å². The van der Waals surface area contributed by atoms with Gasteiger partial charge in [-0.25, -0.2) is 18.2 Å². The van der Waals surface area contributed by atoms with E-state index < -0.39 is 68.2 Å². The third-order valence-corrected chi connectivity index (χ3v) is 17.2. The van der Waals surface area contributed by atoms with Crippen LogP contribution in [0.2, 0.25) is 0 Å². The normalized spacial score (nSPS) is 30.6. The highest BCUT2D eigenvalue weighted by molar-refractivity contribution is 7.91. The molecule has 2 aliphatic heterocycles. The van der Waals surface area contributed by atoms with E-state index in [-0.39, 0.29) is 37.5 Å². The van der Waals surface area contributed by atoms with Crippen molar-refractivity contribution in [3.05, 3.63) is 53.1 Å². The largest absolute Gasteiger partial charge is 0.459 e. The van der Waals surface area contributed by atoms with E-state index in [1.54, 1.807) is 18.3 Å². The van der Waals surface area contributed by atoms with Gasteiger partial charge in [-0.15, -0.1) is 11.3 Å². The Morgan fingerprint density at radius 2 is 1.86 bits per heavy atom. The van der Waals surface area contributed by atoms with Crippen molar-refractivity contribution in [3.8, 4) is 16.6 Å².